The van der Waals surface area contributed by atoms with E-state index in [1.807, 2.05) is 0 Å². The third-order valence-electron chi connectivity index (χ3n) is 5.20. The number of rotatable bonds is 5. The molecule has 2 aliphatic rings. The molecule has 3 heterocycles. The molecule has 1 atom stereocenters. The van der Waals surface area contributed by atoms with Gasteiger partial charge in [-0.05, 0) is 31.4 Å². The lowest BCUT2D eigenvalue weighted by Crippen LogP contribution is -2.34. The first-order valence-corrected chi connectivity index (χ1v) is 11.1. The molecule has 0 spiro atoms. The van der Waals surface area contributed by atoms with Crippen LogP contribution in [0.3, 0.4) is 0 Å². The van der Waals surface area contributed by atoms with Gasteiger partial charge in [-0.3, -0.25) is 9.52 Å². The third-order valence-corrected chi connectivity index (χ3v) is 7.04. The molecule has 8 nitrogen and oxygen atoms in total. The minimum absolute atomic E-state index is 0.0214. The van der Waals surface area contributed by atoms with E-state index in [0.717, 1.165) is 16.4 Å². The van der Waals surface area contributed by atoms with Gasteiger partial charge in [-0.2, -0.15) is 12.7 Å². The number of fused-ring (bicyclic) bond motifs is 1. The summed E-state index contributed by atoms with van der Waals surface area (Å²) < 4.78 is 57.1. The van der Waals surface area contributed by atoms with Crippen LogP contribution >= 0.6 is 11.6 Å². The number of aromatic nitrogens is 1. The maximum absolute atomic E-state index is 13.4. The molecule has 0 aliphatic carbocycles. The minimum atomic E-state index is -3.97. The summed E-state index contributed by atoms with van der Waals surface area (Å²) in [6.45, 7) is 0.611. The van der Waals surface area contributed by atoms with Crippen molar-refractivity contribution in [3.05, 3.63) is 46.2 Å². The first-order valence-electron chi connectivity index (χ1n) is 9.30. The molecule has 1 aromatic carbocycles. The van der Waals surface area contributed by atoms with Crippen molar-refractivity contribution in [3.8, 4) is 0 Å². The van der Waals surface area contributed by atoms with E-state index in [0.29, 0.717) is 31.5 Å². The Labute approximate surface area is 176 Å². The second-order valence-electron chi connectivity index (χ2n) is 7.23. The van der Waals surface area contributed by atoms with Crippen molar-refractivity contribution < 1.29 is 27.1 Å². The zero-order valence-electron chi connectivity index (χ0n) is 15.7. The molecular formula is C18H19ClF2N4O4S. The van der Waals surface area contributed by atoms with E-state index in [1.54, 1.807) is 4.57 Å². The summed E-state index contributed by atoms with van der Waals surface area (Å²) in [4.78, 5) is 12.8. The van der Waals surface area contributed by atoms with Crippen molar-refractivity contribution >= 4 is 39.1 Å². The van der Waals surface area contributed by atoms with E-state index >= 15 is 0 Å². The Bertz CT molecular complexity index is 1120. The average Bonchev–Trinajstić information content (AvgIpc) is 3.37. The molecule has 1 saturated heterocycles. The number of halogens is 3. The molecule has 0 bridgehead atoms. The number of nitrogens with zero attached hydrogens (tertiary/aromatic N) is 2. The first kappa shape index (κ1) is 21.0. The first-order chi connectivity index (χ1) is 14.2. The van der Waals surface area contributed by atoms with Crippen LogP contribution in [0.4, 0.5) is 20.2 Å². The zero-order valence-corrected chi connectivity index (χ0v) is 17.2. The molecule has 1 unspecified atom stereocenters. The maximum Gasteiger partial charge on any atom is 0.301 e. The number of benzene rings is 1. The Balaban J connectivity index is 1.64. The van der Waals surface area contributed by atoms with Gasteiger partial charge in [0.2, 0.25) is 0 Å². The van der Waals surface area contributed by atoms with Gasteiger partial charge >= 0.3 is 10.2 Å². The summed E-state index contributed by atoms with van der Waals surface area (Å²) in [6.07, 6.45) is 0.812. The van der Waals surface area contributed by atoms with Crippen LogP contribution in [-0.2, 0) is 23.2 Å². The number of hydrogen-bond donors (Lipinski definition) is 3. The predicted octanol–water partition coefficient (Wildman–Crippen LogP) is 2.34. The molecule has 2 aliphatic heterocycles. The SMILES string of the molecule is O=C(Nc1ccc(F)c(F)c1)c1c(Cl)c(NS(=O)(=O)N2CCC(O)C2)c2n1CCC2. The van der Waals surface area contributed by atoms with Crippen LogP contribution in [0.2, 0.25) is 5.02 Å². The fraction of sp³-hybridized carbons (Fsp3) is 0.389. The lowest BCUT2D eigenvalue weighted by Gasteiger charge is -2.17. The molecule has 1 aromatic heterocycles. The molecule has 4 rings (SSSR count). The Morgan fingerprint density at radius 3 is 2.67 bits per heavy atom. The number of anilines is 2. The number of amides is 1. The van der Waals surface area contributed by atoms with Gasteiger partial charge in [-0.25, -0.2) is 8.78 Å². The molecule has 2 aromatic rings. The fourth-order valence-corrected chi connectivity index (χ4v) is 5.48. The highest BCUT2D eigenvalue weighted by Crippen LogP contribution is 2.38. The monoisotopic (exact) mass is 460 g/mol. The number of aliphatic hydroxyl groups is 1. The van der Waals surface area contributed by atoms with Crippen LogP contribution in [0, 0.1) is 11.6 Å². The summed E-state index contributed by atoms with van der Waals surface area (Å²) in [7, 11) is -3.97. The van der Waals surface area contributed by atoms with Crippen molar-refractivity contribution in [1.82, 2.24) is 8.87 Å². The van der Waals surface area contributed by atoms with Gasteiger partial charge in [0.1, 0.15) is 5.69 Å². The van der Waals surface area contributed by atoms with Crippen LogP contribution in [0.25, 0.3) is 0 Å². The van der Waals surface area contributed by atoms with Crippen molar-refractivity contribution in [2.45, 2.75) is 31.9 Å². The zero-order chi connectivity index (χ0) is 21.6. The van der Waals surface area contributed by atoms with Crippen LogP contribution in [0.1, 0.15) is 29.0 Å². The second kappa shape index (κ2) is 7.80. The summed E-state index contributed by atoms with van der Waals surface area (Å²) in [5, 5.41) is 12.0. The van der Waals surface area contributed by atoms with Gasteiger partial charge in [-0.15, -0.1) is 0 Å². The molecule has 0 saturated carbocycles. The van der Waals surface area contributed by atoms with Crippen LogP contribution < -0.4 is 10.0 Å². The van der Waals surface area contributed by atoms with E-state index in [1.165, 1.54) is 6.07 Å². The summed E-state index contributed by atoms with van der Waals surface area (Å²) in [5.41, 5.74) is 0.759. The number of hydrogen-bond acceptors (Lipinski definition) is 4. The molecular weight excluding hydrogens is 442 g/mol. The Kier molecular flexibility index (Phi) is 5.47. The summed E-state index contributed by atoms with van der Waals surface area (Å²) >= 11 is 6.40. The predicted molar refractivity (Wildman–Crippen MR) is 107 cm³/mol. The van der Waals surface area contributed by atoms with Crippen molar-refractivity contribution in [1.29, 1.82) is 0 Å². The molecule has 1 fully saturated rings. The average molecular weight is 461 g/mol. The van der Waals surface area contributed by atoms with E-state index < -0.39 is 33.9 Å². The second-order valence-corrected chi connectivity index (χ2v) is 9.28. The van der Waals surface area contributed by atoms with Gasteiger partial charge in [0.25, 0.3) is 5.91 Å². The van der Waals surface area contributed by atoms with Gasteiger partial charge < -0.3 is 15.0 Å². The molecule has 0 radical (unpaired) electrons. The summed E-state index contributed by atoms with van der Waals surface area (Å²) in [5.74, 6) is -2.82. The number of nitrogens with one attached hydrogen (secondary N) is 2. The lowest BCUT2D eigenvalue weighted by molar-refractivity contribution is 0.101. The van der Waals surface area contributed by atoms with Crippen LogP contribution in [0.5, 0.6) is 0 Å². The normalized spacial score (nSPS) is 19.1. The fourth-order valence-electron chi connectivity index (χ4n) is 3.76. The number of carbonyl (C=O) groups is 1. The molecule has 162 valence electrons. The highest BCUT2D eigenvalue weighted by atomic mass is 35.5. The minimum Gasteiger partial charge on any atom is -0.392 e. The number of carbonyl (C=O) groups excluding carboxylic acids is 1. The van der Waals surface area contributed by atoms with E-state index in [9.17, 15) is 27.1 Å². The van der Waals surface area contributed by atoms with Gasteiger partial charge in [0.15, 0.2) is 11.6 Å². The van der Waals surface area contributed by atoms with E-state index in [-0.39, 0.29) is 35.2 Å². The van der Waals surface area contributed by atoms with E-state index in [2.05, 4.69) is 10.0 Å². The standard InChI is InChI=1S/C18H19ClF2N4O4S/c19-15-16(23-30(28,29)24-7-5-11(26)9-24)14-2-1-6-25(14)17(15)18(27)22-10-3-4-12(20)13(21)8-10/h3-4,8,11,23,26H,1-2,5-7,9H2,(H,22,27). The quantitative estimate of drug-likeness (QED) is 0.637. The van der Waals surface area contributed by atoms with Crippen molar-refractivity contribution in [2.75, 3.05) is 23.1 Å². The smallest absolute Gasteiger partial charge is 0.301 e. The Hall–Kier alpha value is -2.21. The largest absolute Gasteiger partial charge is 0.392 e. The van der Waals surface area contributed by atoms with Crippen LogP contribution in [-0.4, -0.2) is 47.5 Å². The molecule has 12 heteroatoms. The van der Waals surface area contributed by atoms with Gasteiger partial charge in [-0.1, -0.05) is 11.6 Å². The van der Waals surface area contributed by atoms with Crippen LogP contribution in [0.15, 0.2) is 18.2 Å². The summed E-state index contributed by atoms with van der Waals surface area (Å²) in [6, 6.07) is 2.94. The maximum atomic E-state index is 13.4. The number of β-amino-alcohol motifs (C(OH)–C–C–N with tert-alkyl or cyclic N) is 1. The third kappa shape index (κ3) is 3.78. The Morgan fingerprint density at radius 1 is 1.23 bits per heavy atom. The topological polar surface area (TPSA) is 104 Å². The van der Waals surface area contributed by atoms with Gasteiger partial charge in [0, 0.05) is 37.1 Å². The van der Waals surface area contributed by atoms with Crippen molar-refractivity contribution in [3.63, 3.8) is 0 Å². The molecule has 1 amide bonds. The van der Waals surface area contributed by atoms with E-state index in [4.69, 9.17) is 11.6 Å². The highest BCUT2D eigenvalue weighted by molar-refractivity contribution is 7.90. The molecule has 30 heavy (non-hydrogen) atoms. The Morgan fingerprint density at radius 2 is 2.00 bits per heavy atom. The highest BCUT2D eigenvalue weighted by Gasteiger charge is 2.35. The van der Waals surface area contributed by atoms with Crippen molar-refractivity contribution in [2.24, 2.45) is 0 Å². The number of aliphatic hydroxyl groups excluding tert-OH is 1. The van der Waals surface area contributed by atoms with Gasteiger partial charge in [0.05, 0.1) is 16.8 Å². The lowest BCUT2D eigenvalue weighted by atomic mass is 10.2. The molecule has 3 N–H and O–H groups in total.